The van der Waals surface area contributed by atoms with Gasteiger partial charge in [-0.15, -0.1) is 0 Å². The van der Waals surface area contributed by atoms with Gasteiger partial charge in [0, 0.05) is 19.3 Å². The molecule has 1 saturated heterocycles. The molecule has 1 aromatic rings. The van der Waals surface area contributed by atoms with Gasteiger partial charge in [0.25, 0.3) is 0 Å². The molecule has 2 rings (SSSR count). The Morgan fingerprint density at radius 1 is 1.55 bits per heavy atom. The van der Waals surface area contributed by atoms with Gasteiger partial charge in [0.05, 0.1) is 23.5 Å². The van der Waals surface area contributed by atoms with E-state index in [1.165, 1.54) is 11.8 Å². The number of ether oxygens (including phenoxy) is 1. The number of pyridine rings is 1. The SMILES string of the molecule is CC1CN(C(=O)CSc2ncccc2C#N)CC(C)O1. The number of nitriles is 1. The van der Waals surface area contributed by atoms with Gasteiger partial charge in [0.15, 0.2) is 0 Å². The molecule has 0 radical (unpaired) electrons. The number of carbonyl (C=O) groups excluding carboxylic acids is 1. The third kappa shape index (κ3) is 3.71. The molecule has 20 heavy (non-hydrogen) atoms. The third-order valence-corrected chi connectivity index (χ3v) is 3.99. The third-order valence-electron chi connectivity index (χ3n) is 3.00. The van der Waals surface area contributed by atoms with Crippen LogP contribution in [-0.4, -0.2) is 46.8 Å². The molecule has 1 amide bonds. The maximum Gasteiger partial charge on any atom is 0.233 e. The van der Waals surface area contributed by atoms with Gasteiger partial charge in [-0.2, -0.15) is 5.26 Å². The van der Waals surface area contributed by atoms with E-state index in [0.29, 0.717) is 29.4 Å². The summed E-state index contributed by atoms with van der Waals surface area (Å²) in [5.41, 5.74) is 0.508. The van der Waals surface area contributed by atoms with E-state index in [-0.39, 0.29) is 18.1 Å². The standard InChI is InChI=1S/C14H17N3O2S/c1-10-7-17(8-11(2)19-10)13(18)9-20-14-12(6-15)4-3-5-16-14/h3-5,10-11H,7-9H2,1-2H3. The molecule has 0 spiro atoms. The van der Waals surface area contributed by atoms with Gasteiger partial charge in [0.1, 0.15) is 11.1 Å². The Balaban J connectivity index is 1.94. The Kier molecular flexibility index (Phi) is 4.99. The van der Waals surface area contributed by atoms with Crippen LogP contribution in [0.2, 0.25) is 0 Å². The molecule has 2 atom stereocenters. The number of morpholine rings is 1. The highest BCUT2D eigenvalue weighted by molar-refractivity contribution is 7.99. The topological polar surface area (TPSA) is 66.2 Å². The lowest BCUT2D eigenvalue weighted by molar-refractivity contribution is -0.140. The number of hydrogen-bond donors (Lipinski definition) is 0. The van der Waals surface area contributed by atoms with Gasteiger partial charge in [-0.25, -0.2) is 4.98 Å². The first kappa shape index (κ1) is 14.8. The van der Waals surface area contributed by atoms with Crippen molar-refractivity contribution in [1.29, 1.82) is 5.26 Å². The second-order valence-corrected chi connectivity index (χ2v) is 5.78. The van der Waals surface area contributed by atoms with E-state index < -0.39 is 0 Å². The van der Waals surface area contributed by atoms with Crippen molar-refractivity contribution >= 4 is 17.7 Å². The number of rotatable bonds is 3. The van der Waals surface area contributed by atoms with E-state index in [9.17, 15) is 4.79 Å². The molecule has 5 nitrogen and oxygen atoms in total. The summed E-state index contributed by atoms with van der Waals surface area (Å²) in [6.07, 6.45) is 1.77. The number of carbonyl (C=O) groups is 1. The molecule has 0 aliphatic carbocycles. The number of thioether (sulfide) groups is 1. The molecule has 0 N–H and O–H groups in total. The molecule has 2 unspecified atom stereocenters. The maximum absolute atomic E-state index is 12.2. The van der Waals surface area contributed by atoms with Crippen molar-refractivity contribution in [2.75, 3.05) is 18.8 Å². The lowest BCUT2D eigenvalue weighted by Gasteiger charge is -2.35. The largest absolute Gasteiger partial charge is 0.372 e. The lowest BCUT2D eigenvalue weighted by Crippen LogP contribution is -2.48. The summed E-state index contributed by atoms with van der Waals surface area (Å²) >= 11 is 1.31. The normalized spacial score (nSPS) is 22.4. The minimum Gasteiger partial charge on any atom is -0.372 e. The van der Waals surface area contributed by atoms with E-state index >= 15 is 0 Å². The molecule has 1 aliphatic heterocycles. The first-order valence-electron chi connectivity index (χ1n) is 6.51. The zero-order valence-electron chi connectivity index (χ0n) is 11.6. The molecule has 0 saturated carbocycles. The van der Waals surface area contributed by atoms with Crippen molar-refractivity contribution in [3.05, 3.63) is 23.9 Å². The average molecular weight is 291 g/mol. The van der Waals surface area contributed by atoms with E-state index in [1.54, 1.807) is 18.3 Å². The van der Waals surface area contributed by atoms with E-state index in [4.69, 9.17) is 10.00 Å². The highest BCUT2D eigenvalue weighted by Crippen LogP contribution is 2.20. The first-order valence-corrected chi connectivity index (χ1v) is 7.50. The molecule has 0 aromatic carbocycles. The fourth-order valence-corrected chi connectivity index (χ4v) is 3.04. The zero-order chi connectivity index (χ0) is 14.5. The molecular formula is C14H17N3O2S. The van der Waals surface area contributed by atoms with Crippen molar-refractivity contribution < 1.29 is 9.53 Å². The Morgan fingerprint density at radius 2 is 2.25 bits per heavy atom. The zero-order valence-corrected chi connectivity index (χ0v) is 12.4. The maximum atomic E-state index is 12.2. The van der Waals surface area contributed by atoms with Gasteiger partial charge in [-0.05, 0) is 26.0 Å². The van der Waals surface area contributed by atoms with Gasteiger partial charge >= 0.3 is 0 Å². The van der Waals surface area contributed by atoms with Crippen LogP contribution >= 0.6 is 11.8 Å². The molecule has 106 valence electrons. The summed E-state index contributed by atoms with van der Waals surface area (Å²) in [4.78, 5) is 18.2. The summed E-state index contributed by atoms with van der Waals surface area (Å²) in [6, 6.07) is 5.51. The molecule has 1 aliphatic rings. The monoisotopic (exact) mass is 291 g/mol. The van der Waals surface area contributed by atoms with Crippen molar-refractivity contribution in [2.45, 2.75) is 31.1 Å². The van der Waals surface area contributed by atoms with Crippen LogP contribution in [0, 0.1) is 11.3 Å². The predicted octanol–water partition coefficient (Wildman–Crippen LogP) is 1.68. The summed E-state index contributed by atoms with van der Waals surface area (Å²) < 4.78 is 5.61. The smallest absolute Gasteiger partial charge is 0.233 e. The number of nitrogens with zero attached hydrogens (tertiary/aromatic N) is 3. The average Bonchev–Trinajstić information content (AvgIpc) is 2.44. The van der Waals surface area contributed by atoms with Crippen LogP contribution in [-0.2, 0) is 9.53 Å². The van der Waals surface area contributed by atoms with Crippen LogP contribution in [0.4, 0.5) is 0 Å². The Morgan fingerprint density at radius 3 is 2.90 bits per heavy atom. The quantitative estimate of drug-likeness (QED) is 0.793. The Hall–Kier alpha value is -1.58. The van der Waals surface area contributed by atoms with E-state index in [0.717, 1.165) is 0 Å². The van der Waals surface area contributed by atoms with Crippen molar-refractivity contribution in [1.82, 2.24) is 9.88 Å². The highest BCUT2D eigenvalue weighted by Gasteiger charge is 2.25. The van der Waals surface area contributed by atoms with Gasteiger partial charge in [-0.3, -0.25) is 4.79 Å². The molecule has 6 heteroatoms. The second-order valence-electron chi connectivity index (χ2n) is 4.81. The Labute approximate surface area is 122 Å². The molecule has 0 bridgehead atoms. The van der Waals surface area contributed by atoms with Crippen molar-refractivity contribution in [3.8, 4) is 6.07 Å². The minimum absolute atomic E-state index is 0.0616. The van der Waals surface area contributed by atoms with Gasteiger partial charge in [0.2, 0.25) is 5.91 Å². The molecular weight excluding hydrogens is 274 g/mol. The summed E-state index contributed by atoms with van der Waals surface area (Å²) in [5, 5.41) is 9.60. The van der Waals surface area contributed by atoms with Crippen LogP contribution in [0.5, 0.6) is 0 Å². The first-order chi connectivity index (χ1) is 9.60. The van der Waals surface area contributed by atoms with Crippen LogP contribution in [0.25, 0.3) is 0 Å². The fourth-order valence-electron chi connectivity index (χ4n) is 2.19. The minimum atomic E-state index is 0.0616. The predicted molar refractivity (Wildman–Crippen MR) is 76.3 cm³/mol. The van der Waals surface area contributed by atoms with Crippen LogP contribution in [0.1, 0.15) is 19.4 Å². The summed E-state index contributed by atoms with van der Waals surface area (Å²) in [6.45, 7) is 5.18. The van der Waals surface area contributed by atoms with Crippen molar-refractivity contribution in [2.24, 2.45) is 0 Å². The van der Waals surface area contributed by atoms with Gasteiger partial charge in [-0.1, -0.05) is 11.8 Å². The number of hydrogen-bond acceptors (Lipinski definition) is 5. The molecule has 1 fully saturated rings. The fraction of sp³-hybridized carbons (Fsp3) is 0.500. The second kappa shape index (κ2) is 6.73. The number of aromatic nitrogens is 1. The lowest BCUT2D eigenvalue weighted by atomic mass is 10.2. The van der Waals surface area contributed by atoms with Crippen LogP contribution < -0.4 is 0 Å². The summed E-state index contributed by atoms with van der Waals surface area (Å²) in [5.74, 6) is 0.358. The Bertz CT molecular complexity index is 519. The van der Waals surface area contributed by atoms with Gasteiger partial charge < -0.3 is 9.64 Å². The van der Waals surface area contributed by atoms with Crippen LogP contribution in [0.15, 0.2) is 23.4 Å². The highest BCUT2D eigenvalue weighted by atomic mass is 32.2. The van der Waals surface area contributed by atoms with Crippen molar-refractivity contribution in [3.63, 3.8) is 0 Å². The summed E-state index contributed by atoms with van der Waals surface area (Å²) in [7, 11) is 0. The van der Waals surface area contributed by atoms with E-state index in [2.05, 4.69) is 11.1 Å². The van der Waals surface area contributed by atoms with E-state index in [1.807, 2.05) is 18.7 Å². The number of amides is 1. The van der Waals surface area contributed by atoms with Crippen LogP contribution in [0.3, 0.4) is 0 Å². The molecule has 1 aromatic heterocycles. The molecule has 2 heterocycles.